The van der Waals surface area contributed by atoms with Crippen molar-refractivity contribution in [2.75, 3.05) is 12.4 Å². The van der Waals surface area contributed by atoms with Crippen LogP contribution >= 0.6 is 12.6 Å². The van der Waals surface area contributed by atoms with E-state index in [2.05, 4.69) is 19.6 Å². The van der Waals surface area contributed by atoms with Crippen LogP contribution in [0.1, 0.15) is 77.6 Å². The van der Waals surface area contributed by atoms with Gasteiger partial charge in [0.05, 0.1) is 6.61 Å². The largest absolute Gasteiger partial charge is 0.465 e. The summed E-state index contributed by atoms with van der Waals surface area (Å²) in [5.41, 5.74) is 5.50. The standard InChI is InChI=1S/C16H33NO2S/c1-2-3-4-5-6-7-8-9-10-11-12-13-19-16(18)15(17)14-20/h15,20H,2-14,17H2,1H3/t15-/m0/s1. The molecule has 0 aromatic rings. The number of ether oxygens (including phenoxy) is 1. The average molecular weight is 304 g/mol. The fourth-order valence-electron chi connectivity index (χ4n) is 2.12. The van der Waals surface area contributed by atoms with Gasteiger partial charge in [0.15, 0.2) is 0 Å². The third-order valence-corrected chi connectivity index (χ3v) is 3.89. The summed E-state index contributed by atoms with van der Waals surface area (Å²) in [6.07, 6.45) is 14.2. The number of carbonyl (C=O) groups excluding carboxylic acids is 1. The van der Waals surface area contributed by atoms with Gasteiger partial charge in [-0.1, -0.05) is 71.1 Å². The molecule has 0 saturated carbocycles. The minimum atomic E-state index is -0.578. The molecule has 0 rings (SSSR count). The van der Waals surface area contributed by atoms with Gasteiger partial charge < -0.3 is 10.5 Å². The number of unbranched alkanes of at least 4 members (excludes halogenated alkanes) is 10. The molecule has 0 heterocycles. The van der Waals surface area contributed by atoms with Gasteiger partial charge in [-0.05, 0) is 6.42 Å². The fraction of sp³-hybridized carbons (Fsp3) is 0.938. The summed E-state index contributed by atoms with van der Waals surface area (Å²) >= 11 is 3.97. The molecule has 0 saturated heterocycles. The summed E-state index contributed by atoms with van der Waals surface area (Å²) in [6, 6.07) is -0.578. The highest BCUT2D eigenvalue weighted by molar-refractivity contribution is 7.80. The highest BCUT2D eigenvalue weighted by Gasteiger charge is 2.11. The molecule has 2 N–H and O–H groups in total. The van der Waals surface area contributed by atoms with Gasteiger partial charge in [0.25, 0.3) is 0 Å². The zero-order chi connectivity index (χ0) is 15.1. The van der Waals surface area contributed by atoms with Crippen molar-refractivity contribution in [3.63, 3.8) is 0 Å². The highest BCUT2D eigenvalue weighted by atomic mass is 32.1. The number of hydrogen-bond donors (Lipinski definition) is 2. The molecule has 3 nitrogen and oxygen atoms in total. The normalized spacial score (nSPS) is 12.3. The van der Waals surface area contributed by atoms with Crippen LogP contribution in [0.15, 0.2) is 0 Å². The van der Waals surface area contributed by atoms with E-state index in [0.717, 1.165) is 12.8 Å². The molecule has 1 atom stereocenters. The molecule has 0 radical (unpaired) electrons. The van der Waals surface area contributed by atoms with Gasteiger partial charge in [0.1, 0.15) is 6.04 Å². The molecule has 0 bridgehead atoms. The van der Waals surface area contributed by atoms with Crippen molar-refractivity contribution in [1.29, 1.82) is 0 Å². The molecule has 0 aromatic carbocycles. The molecule has 4 heteroatoms. The van der Waals surface area contributed by atoms with Gasteiger partial charge in [-0.2, -0.15) is 12.6 Å². The predicted molar refractivity (Wildman–Crippen MR) is 89.2 cm³/mol. The first-order chi connectivity index (χ1) is 9.72. The zero-order valence-electron chi connectivity index (χ0n) is 13.1. The molecule has 0 unspecified atom stereocenters. The highest BCUT2D eigenvalue weighted by Crippen LogP contribution is 2.11. The number of rotatable bonds is 14. The zero-order valence-corrected chi connectivity index (χ0v) is 14.0. The minimum Gasteiger partial charge on any atom is -0.465 e. The second-order valence-corrected chi connectivity index (χ2v) is 5.86. The smallest absolute Gasteiger partial charge is 0.323 e. The second kappa shape index (κ2) is 15.2. The van der Waals surface area contributed by atoms with Crippen LogP contribution in [-0.4, -0.2) is 24.4 Å². The lowest BCUT2D eigenvalue weighted by Crippen LogP contribution is -2.34. The number of esters is 1. The Balaban J connectivity index is 3.11. The lowest BCUT2D eigenvalue weighted by molar-refractivity contribution is -0.144. The molecular weight excluding hydrogens is 270 g/mol. The minimum absolute atomic E-state index is 0.327. The van der Waals surface area contributed by atoms with Crippen molar-refractivity contribution >= 4 is 18.6 Å². The van der Waals surface area contributed by atoms with E-state index in [1.807, 2.05) is 0 Å². The topological polar surface area (TPSA) is 52.3 Å². The van der Waals surface area contributed by atoms with Gasteiger partial charge in [-0.25, -0.2) is 0 Å². The first-order valence-electron chi connectivity index (χ1n) is 8.25. The maximum atomic E-state index is 11.3. The monoisotopic (exact) mass is 303 g/mol. The summed E-state index contributed by atoms with van der Waals surface area (Å²) in [4.78, 5) is 11.3. The molecule has 120 valence electrons. The Morgan fingerprint density at radius 3 is 1.85 bits per heavy atom. The summed E-state index contributed by atoms with van der Waals surface area (Å²) < 4.78 is 5.06. The maximum Gasteiger partial charge on any atom is 0.323 e. The number of carbonyl (C=O) groups is 1. The number of nitrogens with two attached hydrogens (primary N) is 1. The van der Waals surface area contributed by atoms with Crippen molar-refractivity contribution in [1.82, 2.24) is 0 Å². The average Bonchev–Trinajstić information content (AvgIpc) is 2.47. The second-order valence-electron chi connectivity index (χ2n) is 5.49. The van der Waals surface area contributed by atoms with Crippen LogP contribution in [0, 0.1) is 0 Å². The summed E-state index contributed by atoms with van der Waals surface area (Å²) in [5, 5.41) is 0. The van der Waals surface area contributed by atoms with E-state index in [1.54, 1.807) is 0 Å². The Labute approximate surface area is 130 Å². The molecule has 20 heavy (non-hydrogen) atoms. The number of thiol groups is 1. The summed E-state index contributed by atoms with van der Waals surface area (Å²) in [7, 11) is 0. The number of hydrogen-bond acceptors (Lipinski definition) is 4. The Morgan fingerprint density at radius 2 is 1.40 bits per heavy atom. The van der Waals surface area contributed by atoms with Gasteiger partial charge in [0.2, 0.25) is 0 Å². The maximum absolute atomic E-state index is 11.3. The molecule has 0 aliphatic rings. The van der Waals surface area contributed by atoms with E-state index in [9.17, 15) is 4.79 Å². The van der Waals surface area contributed by atoms with E-state index in [1.165, 1.54) is 57.8 Å². The van der Waals surface area contributed by atoms with E-state index >= 15 is 0 Å². The molecular formula is C16H33NO2S. The summed E-state index contributed by atoms with van der Waals surface area (Å²) in [5.74, 6) is 0.0176. The molecule has 0 fully saturated rings. The van der Waals surface area contributed by atoms with Crippen molar-refractivity contribution < 1.29 is 9.53 Å². The third kappa shape index (κ3) is 12.8. The lowest BCUT2D eigenvalue weighted by Gasteiger charge is -2.08. The first kappa shape index (κ1) is 19.8. The lowest BCUT2D eigenvalue weighted by atomic mass is 10.1. The van der Waals surface area contributed by atoms with Crippen LogP contribution in [0.3, 0.4) is 0 Å². The van der Waals surface area contributed by atoms with E-state index < -0.39 is 6.04 Å². The van der Waals surface area contributed by atoms with Crippen LogP contribution in [-0.2, 0) is 9.53 Å². The third-order valence-electron chi connectivity index (χ3n) is 3.49. The van der Waals surface area contributed by atoms with Crippen LogP contribution in [0.2, 0.25) is 0 Å². The Bertz CT molecular complexity index is 225. The quantitative estimate of drug-likeness (QED) is 0.288. The van der Waals surface area contributed by atoms with Crippen LogP contribution in [0.4, 0.5) is 0 Å². The van der Waals surface area contributed by atoms with Crippen molar-refractivity contribution in [2.24, 2.45) is 5.73 Å². The van der Waals surface area contributed by atoms with Gasteiger partial charge in [-0.15, -0.1) is 0 Å². The van der Waals surface area contributed by atoms with Crippen molar-refractivity contribution in [3.05, 3.63) is 0 Å². The van der Waals surface area contributed by atoms with E-state index in [4.69, 9.17) is 10.5 Å². The predicted octanol–water partition coefficient (Wildman–Crippen LogP) is 4.10. The van der Waals surface area contributed by atoms with E-state index in [0.29, 0.717) is 12.4 Å². The van der Waals surface area contributed by atoms with E-state index in [-0.39, 0.29) is 5.97 Å². The molecule has 0 aliphatic heterocycles. The molecule has 0 aliphatic carbocycles. The van der Waals surface area contributed by atoms with Crippen LogP contribution in [0.5, 0.6) is 0 Å². The van der Waals surface area contributed by atoms with Gasteiger partial charge in [0, 0.05) is 5.75 Å². The fourth-order valence-corrected chi connectivity index (χ4v) is 2.27. The summed E-state index contributed by atoms with van der Waals surface area (Å²) in [6.45, 7) is 2.75. The molecule has 0 aromatic heterocycles. The Morgan fingerprint density at radius 1 is 0.950 bits per heavy atom. The molecule has 0 spiro atoms. The van der Waals surface area contributed by atoms with Crippen LogP contribution in [0.25, 0.3) is 0 Å². The Hall–Kier alpha value is -0.220. The first-order valence-corrected chi connectivity index (χ1v) is 8.88. The Kier molecular flexibility index (Phi) is 15.0. The van der Waals surface area contributed by atoms with Gasteiger partial charge in [-0.3, -0.25) is 4.79 Å². The van der Waals surface area contributed by atoms with Crippen molar-refractivity contribution in [2.45, 2.75) is 83.6 Å². The van der Waals surface area contributed by atoms with Crippen molar-refractivity contribution in [3.8, 4) is 0 Å². The van der Waals surface area contributed by atoms with Crippen LogP contribution < -0.4 is 5.73 Å². The SMILES string of the molecule is CCCCCCCCCCCCCOC(=O)[C@@H](N)CS. The van der Waals surface area contributed by atoms with Gasteiger partial charge >= 0.3 is 5.97 Å². The molecule has 0 amide bonds.